The van der Waals surface area contributed by atoms with E-state index in [1.807, 2.05) is 15.9 Å². The van der Waals surface area contributed by atoms with Crippen molar-refractivity contribution in [3.05, 3.63) is 0 Å². The molecule has 5 heteroatoms. The number of hydrogen-bond donors (Lipinski definition) is 0. The Morgan fingerprint density at radius 2 is 1.88 bits per heavy atom. The number of rotatable bonds is 2. The molecule has 0 rings (SSSR count). The van der Waals surface area contributed by atoms with E-state index in [9.17, 15) is 13.2 Å². The normalized spacial score (nSPS) is 16.1. The van der Waals surface area contributed by atoms with Gasteiger partial charge in [0.1, 0.15) is 0 Å². The lowest BCUT2D eigenvalue weighted by molar-refractivity contribution is 0.0347. The Morgan fingerprint density at radius 1 is 1.50 bits per heavy atom. The molecule has 0 saturated carbocycles. The van der Waals surface area contributed by atoms with Gasteiger partial charge in [0.05, 0.1) is 0 Å². The van der Waals surface area contributed by atoms with Crippen molar-refractivity contribution in [2.45, 2.75) is 11.0 Å². The average molecular weight is 256 g/mol. The van der Waals surface area contributed by atoms with Crippen LogP contribution in [0.1, 0.15) is 0 Å². The van der Waals surface area contributed by atoms with Crippen molar-refractivity contribution in [1.29, 1.82) is 0 Å². The summed E-state index contributed by atoms with van der Waals surface area (Å²) in [4.78, 5) is -3.39. The summed E-state index contributed by atoms with van der Waals surface area (Å²) in [5, 5.41) is -0.356. The third-order valence-corrected chi connectivity index (χ3v) is 1.56. The van der Waals surface area contributed by atoms with Crippen molar-refractivity contribution in [1.82, 2.24) is 0 Å². The van der Waals surface area contributed by atoms with E-state index in [4.69, 9.17) is 0 Å². The summed E-state index contributed by atoms with van der Waals surface area (Å²) in [5.74, 6) is 0. The molecule has 0 fully saturated rings. The van der Waals surface area contributed by atoms with Crippen LogP contribution in [0.2, 0.25) is 0 Å². The van der Waals surface area contributed by atoms with E-state index in [-0.39, 0.29) is 5.33 Å². The molecule has 0 aromatic rings. The Hall–Kier alpha value is 0.750. The van der Waals surface area contributed by atoms with Gasteiger partial charge in [0.25, 0.3) is 0 Å². The van der Waals surface area contributed by atoms with Crippen molar-refractivity contribution < 1.29 is 13.2 Å². The summed E-state index contributed by atoms with van der Waals surface area (Å²) in [7, 11) is 0. The summed E-state index contributed by atoms with van der Waals surface area (Å²) in [6, 6.07) is 0. The van der Waals surface area contributed by atoms with Gasteiger partial charge in [-0.25, -0.2) is 4.39 Å². The van der Waals surface area contributed by atoms with Crippen LogP contribution in [0.25, 0.3) is 0 Å². The van der Waals surface area contributed by atoms with E-state index in [0.29, 0.717) is 0 Å². The zero-order valence-electron chi connectivity index (χ0n) is 3.67. The van der Waals surface area contributed by atoms with Crippen molar-refractivity contribution in [3.63, 3.8) is 0 Å². The molecule has 0 aliphatic carbocycles. The third-order valence-electron chi connectivity index (χ3n) is 0.491. The molecule has 0 aromatic carbocycles. The van der Waals surface area contributed by atoms with Gasteiger partial charge in [-0.1, -0.05) is 15.9 Å². The summed E-state index contributed by atoms with van der Waals surface area (Å²) < 4.78 is 35.1. The van der Waals surface area contributed by atoms with E-state index in [1.165, 1.54) is 0 Å². The van der Waals surface area contributed by atoms with Crippen molar-refractivity contribution in [3.8, 4) is 0 Å². The van der Waals surface area contributed by atoms with Crippen LogP contribution in [0.5, 0.6) is 0 Å². The van der Waals surface area contributed by atoms with Crippen LogP contribution >= 0.6 is 31.9 Å². The van der Waals surface area contributed by atoms with E-state index >= 15 is 0 Å². The molecule has 0 saturated heterocycles. The predicted molar refractivity (Wildman–Crippen MR) is 32.6 cm³/mol. The van der Waals surface area contributed by atoms with Gasteiger partial charge in [-0.15, -0.1) is 0 Å². The van der Waals surface area contributed by atoms with Gasteiger partial charge in [0, 0.05) is 5.33 Å². The van der Waals surface area contributed by atoms with Gasteiger partial charge in [0.15, 0.2) is 6.17 Å². The fourth-order valence-electron chi connectivity index (χ4n) is 0.0875. The number of alkyl halides is 5. The van der Waals surface area contributed by atoms with Gasteiger partial charge >= 0.3 is 4.83 Å². The summed E-state index contributed by atoms with van der Waals surface area (Å²) >= 11 is 4.43. The Labute approximate surface area is 61.7 Å². The van der Waals surface area contributed by atoms with Crippen LogP contribution < -0.4 is 0 Å². The van der Waals surface area contributed by atoms with E-state index < -0.39 is 11.0 Å². The highest BCUT2D eigenvalue weighted by Crippen LogP contribution is 2.29. The first-order valence-corrected chi connectivity index (χ1v) is 3.66. The third kappa shape index (κ3) is 2.91. The zero-order chi connectivity index (χ0) is 6.78. The lowest BCUT2D eigenvalue weighted by Gasteiger charge is -2.09. The van der Waals surface area contributed by atoms with E-state index in [1.54, 1.807) is 0 Å². The molecule has 0 bridgehead atoms. The molecule has 0 aromatic heterocycles. The van der Waals surface area contributed by atoms with E-state index in [2.05, 4.69) is 15.9 Å². The molecule has 0 spiro atoms. The van der Waals surface area contributed by atoms with Crippen LogP contribution in [0.4, 0.5) is 13.2 Å². The van der Waals surface area contributed by atoms with Crippen molar-refractivity contribution in [2.75, 3.05) is 5.33 Å². The highest BCUT2D eigenvalue weighted by atomic mass is 79.9. The second-order valence-electron chi connectivity index (χ2n) is 1.16. The fourth-order valence-corrected chi connectivity index (χ4v) is 1.09. The standard InChI is InChI=1S/C3H3Br2F3/c4-1-2(6)3(5,7)8/h2H,1H2. The average Bonchev–Trinajstić information content (AvgIpc) is 1.62. The Bertz CT molecular complexity index is 69.4. The molecule has 50 valence electrons. The van der Waals surface area contributed by atoms with Crippen LogP contribution in [-0.4, -0.2) is 16.3 Å². The molecule has 0 amide bonds. The maximum Gasteiger partial charge on any atom is 0.332 e. The second kappa shape index (κ2) is 3.06. The number of hydrogen-bond acceptors (Lipinski definition) is 0. The molecule has 0 aliphatic heterocycles. The molecular weight excluding hydrogens is 253 g/mol. The Kier molecular flexibility index (Phi) is 3.34. The van der Waals surface area contributed by atoms with Gasteiger partial charge in [-0.05, 0) is 15.9 Å². The van der Waals surface area contributed by atoms with Crippen LogP contribution in [0.3, 0.4) is 0 Å². The maximum absolute atomic E-state index is 11.8. The Balaban J connectivity index is 3.62. The highest BCUT2D eigenvalue weighted by Gasteiger charge is 2.35. The predicted octanol–water partition coefficient (Wildman–Crippen LogP) is 2.71. The molecule has 8 heavy (non-hydrogen) atoms. The molecule has 0 N–H and O–H groups in total. The van der Waals surface area contributed by atoms with Gasteiger partial charge in [-0.3, -0.25) is 0 Å². The minimum atomic E-state index is -3.39. The lowest BCUT2D eigenvalue weighted by atomic mass is 10.5. The molecular formula is C3H3Br2F3. The molecule has 0 aliphatic rings. The minimum Gasteiger partial charge on any atom is -0.239 e. The summed E-state index contributed by atoms with van der Waals surface area (Å²) in [6.07, 6.45) is -2.15. The monoisotopic (exact) mass is 254 g/mol. The quantitative estimate of drug-likeness (QED) is 0.666. The smallest absolute Gasteiger partial charge is 0.239 e. The molecule has 1 unspecified atom stereocenters. The first-order chi connectivity index (χ1) is 3.48. The summed E-state index contributed by atoms with van der Waals surface area (Å²) in [6.45, 7) is 0. The maximum atomic E-state index is 11.8. The molecule has 0 heterocycles. The minimum absolute atomic E-state index is 0.356. The second-order valence-corrected chi connectivity index (χ2v) is 2.87. The largest absolute Gasteiger partial charge is 0.332 e. The van der Waals surface area contributed by atoms with E-state index in [0.717, 1.165) is 0 Å². The van der Waals surface area contributed by atoms with Crippen molar-refractivity contribution >= 4 is 31.9 Å². The molecule has 0 radical (unpaired) electrons. The SMILES string of the molecule is FC(CBr)C(F)(F)Br. The van der Waals surface area contributed by atoms with Crippen LogP contribution in [0.15, 0.2) is 0 Å². The van der Waals surface area contributed by atoms with Crippen molar-refractivity contribution in [2.24, 2.45) is 0 Å². The Morgan fingerprint density at radius 3 is 1.88 bits per heavy atom. The van der Waals surface area contributed by atoms with Gasteiger partial charge in [-0.2, -0.15) is 8.78 Å². The van der Waals surface area contributed by atoms with Gasteiger partial charge < -0.3 is 0 Å². The lowest BCUT2D eigenvalue weighted by Crippen LogP contribution is -2.23. The van der Waals surface area contributed by atoms with Gasteiger partial charge in [0.2, 0.25) is 0 Å². The first-order valence-electron chi connectivity index (χ1n) is 1.75. The molecule has 0 nitrogen and oxygen atoms in total. The number of halogens is 5. The first kappa shape index (κ1) is 8.75. The zero-order valence-corrected chi connectivity index (χ0v) is 6.85. The highest BCUT2D eigenvalue weighted by molar-refractivity contribution is 9.10. The molecule has 1 atom stereocenters. The summed E-state index contributed by atoms with van der Waals surface area (Å²) in [5.41, 5.74) is 0. The topological polar surface area (TPSA) is 0 Å². The van der Waals surface area contributed by atoms with Crippen LogP contribution in [-0.2, 0) is 0 Å². The fraction of sp³-hybridized carbons (Fsp3) is 1.00. The van der Waals surface area contributed by atoms with Crippen LogP contribution in [0, 0.1) is 0 Å².